The molecule has 0 aliphatic heterocycles. The Morgan fingerprint density at radius 1 is 0.554 bits per heavy atom. The van der Waals surface area contributed by atoms with E-state index in [4.69, 9.17) is 18.5 Å². The van der Waals surface area contributed by atoms with Gasteiger partial charge in [0.2, 0.25) is 0 Å². The molecule has 0 amide bonds. The Labute approximate surface area is 344 Å². The second-order valence-electron chi connectivity index (χ2n) is 16.5. The lowest BCUT2D eigenvalue weighted by atomic mass is 10.1. The largest absolute Gasteiger partial charge is 0.472 e. The van der Waals surface area contributed by atoms with Crippen LogP contribution in [0.5, 0.6) is 0 Å². The van der Waals surface area contributed by atoms with E-state index in [0.29, 0.717) is 17.4 Å². The lowest BCUT2D eigenvalue weighted by molar-refractivity contribution is -0.870. The van der Waals surface area contributed by atoms with Crippen molar-refractivity contribution in [1.29, 1.82) is 0 Å². The Hall–Kier alpha value is -1.77. The molecule has 0 aromatic heterocycles. The van der Waals surface area contributed by atoms with Gasteiger partial charge >= 0.3 is 19.8 Å². The normalized spacial score (nSPS) is 13.9. The van der Waals surface area contributed by atoms with Gasteiger partial charge in [-0.1, -0.05) is 153 Å². The first-order valence-electron chi connectivity index (χ1n) is 22.7. The van der Waals surface area contributed by atoms with Crippen LogP contribution in [0.1, 0.15) is 194 Å². The summed E-state index contributed by atoms with van der Waals surface area (Å²) in [6.45, 7) is 4.38. The molecule has 0 radical (unpaired) electrons. The maximum atomic E-state index is 12.7. The van der Waals surface area contributed by atoms with Crippen molar-refractivity contribution in [2.75, 3.05) is 47.5 Å². The molecule has 2 atom stereocenters. The quantitative estimate of drug-likeness (QED) is 0.0162. The molecule has 0 aromatic carbocycles. The number of quaternary nitrogens is 1. The zero-order chi connectivity index (χ0) is 41.4. The molecule has 1 unspecified atom stereocenters. The second-order valence-corrected chi connectivity index (χ2v) is 17.9. The van der Waals surface area contributed by atoms with Crippen molar-refractivity contribution >= 4 is 19.8 Å². The van der Waals surface area contributed by atoms with Crippen LogP contribution < -0.4 is 0 Å². The summed E-state index contributed by atoms with van der Waals surface area (Å²) in [5.41, 5.74) is 0. The molecule has 0 aliphatic carbocycles. The summed E-state index contributed by atoms with van der Waals surface area (Å²) in [7, 11) is 1.46. The first-order chi connectivity index (χ1) is 27.0. The van der Waals surface area contributed by atoms with Gasteiger partial charge in [0.05, 0.1) is 27.7 Å². The number of hydrogen-bond donors (Lipinski definition) is 1. The summed E-state index contributed by atoms with van der Waals surface area (Å²) in [6.07, 6.45) is 43.3. The number of allylic oxidation sites excluding steroid dienone is 6. The molecule has 0 saturated carbocycles. The van der Waals surface area contributed by atoms with Crippen molar-refractivity contribution in [3.8, 4) is 0 Å². The van der Waals surface area contributed by atoms with E-state index in [1.807, 2.05) is 21.1 Å². The highest BCUT2D eigenvalue weighted by Crippen LogP contribution is 2.43. The monoisotopic (exact) mass is 813 g/mol. The summed E-state index contributed by atoms with van der Waals surface area (Å²) < 4.78 is 34.3. The maximum Gasteiger partial charge on any atom is 0.472 e. The van der Waals surface area contributed by atoms with Crippen molar-refractivity contribution in [2.45, 2.75) is 200 Å². The average Bonchev–Trinajstić information content (AvgIpc) is 3.15. The molecule has 0 spiro atoms. The number of ether oxygens (including phenoxy) is 2. The fraction of sp³-hybridized carbons (Fsp3) is 0.826. The third kappa shape index (κ3) is 41.9. The number of phosphoric acid groups is 1. The Balaban J connectivity index is 4.36. The van der Waals surface area contributed by atoms with Crippen molar-refractivity contribution in [2.24, 2.45) is 0 Å². The smallest absolute Gasteiger partial charge is 0.462 e. The highest BCUT2D eigenvalue weighted by Gasteiger charge is 2.27. The fourth-order valence-corrected chi connectivity index (χ4v) is 6.80. The maximum absolute atomic E-state index is 12.7. The molecule has 10 heteroatoms. The number of phosphoric ester groups is 1. The zero-order valence-electron chi connectivity index (χ0n) is 36.9. The summed E-state index contributed by atoms with van der Waals surface area (Å²) in [5, 5.41) is 0. The minimum atomic E-state index is -4.38. The SMILES string of the molecule is CCCCCC/C=C/C=C/CCCCCCCC(=O)O[C@H](COC(=O)CCCCCCCCC/C=C/CCCCCCCC)COP(=O)(O)OCC[N+](C)(C)C. The van der Waals surface area contributed by atoms with Gasteiger partial charge in [-0.05, 0) is 64.2 Å². The van der Waals surface area contributed by atoms with Crippen LogP contribution in [0.2, 0.25) is 0 Å². The van der Waals surface area contributed by atoms with Crippen LogP contribution in [0, 0.1) is 0 Å². The summed E-state index contributed by atoms with van der Waals surface area (Å²) in [6, 6.07) is 0. The van der Waals surface area contributed by atoms with E-state index in [9.17, 15) is 19.0 Å². The Morgan fingerprint density at radius 2 is 0.964 bits per heavy atom. The number of carbonyl (C=O) groups is 2. The van der Waals surface area contributed by atoms with Crippen molar-refractivity contribution < 1.29 is 42.1 Å². The van der Waals surface area contributed by atoms with Gasteiger partial charge < -0.3 is 18.9 Å². The predicted molar refractivity (Wildman–Crippen MR) is 234 cm³/mol. The molecule has 0 heterocycles. The molecule has 328 valence electrons. The standard InChI is InChI=1S/C46H86NO8P/c1-6-8-10-12-14-16-18-20-22-23-25-26-28-30-32-34-36-38-45(48)52-42-44(43-54-56(50,51)53-41-40-47(3,4)5)55-46(49)39-37-35-33-31-29-27-24-21-19-17-15-13-11-9-7-2/h17,19-22,24,44H,6-16,18,23,25-43H2,1-5H3/p+1/b19-17+,22-20+,24-21+/t44-/m1/s1. The number of rotatable bonds is 41. The number of carbonyl (C=O) groups excluding carboxylic acids is 2. The lowest BCUT2D eigenvalue weighted by Crippen LogP contribution is -2.37. The average molecular weight is 813 g/mol. The van der Waals surface area contributed by atoms with E-state index < -0.39 is 26.5 Å². The first-order valence-corrected chi connectivity index (χ1v) is 24.2. The molecule has 0 saturated heterocycles. The lowest BCUT2D eigenvalue weighted by Gasteiger charge is -2.24. The predicted octanol–water partition coefficient (Wildman–Crippen LogP) is 12.9. The molecule has 56 heavy (non-hydrogen) atoms. The van der Waals surface area contributed by atoms with Crippen LogP contribution in [0.15, 0.2) is 36.5 Å². The van der Waals surface area contributed by atoms with Crippen LogP contribution in [0.3, 0.4) is 0 Å². The summed E-state index contributed by atoms with van der Waals surface area (Å²) in [5.74, 6) is -0.819. The van der Waals surface area contributed by atoms with E-state index in [0.717, 1.165) is 57.8 Å². The van der Waals surface area contributed by atoms with Gasteiger partial charge in [-0.25, -0.2) is 4.57 Å². The molecular weight excluding hydrogens is 725 g/mol. The van der Waals surface area contributed by atoms with Gasteiger partial charge in [0, 0.05) is 12.8 Å². The van der Waals surface area contributed by atoms with E-state index in [2.05, 4.69) is 50.3 Å². The topological polar surface area (TPSA) is 108 Å². The first kappa shape index (κ1) is 54.2. The van der Waals surface area contributed by atoms with Crippen LogP contribution in [0.4, 0.5) is 0 Å². The third-order valence-electron chi connectivity index (χ3n) is 9.67. The molecule has 0 aliphatic rings. The highest BCUT2D eigenvalue weighted by atomic mass is 31.2. The number of unbranched alkanes of at least 4 members (excludes halogenated alkanes) is 22. The van der Waals surface area contributed by atoms with Crippen molar-refractivity contribution in [3.05, 3.63) is 36.5 Å². The minimum Gasteiger partial charge on any atom is -0.462 e. The van der Waals surface area contributed by atoms with E-state index >= 15 is 0 Å². The van der Waals surface area contributed by atoms with Crippen molar-refractivity contribution in [3.63, 3.8) is 0 Å². The number of esters is 2. The Bertz CT molecular complexity index is 1050. The minimum absolute atomic E-state index is 0.0277. The zero-order valence-corrected chi connectivity index (χ0v) is 37.8. The molecular formula is C46H87NO8P+. The fourth-order valence-electron chi connectivity index (χ4n) is 6.06. The molecule has 0 bridgehead atoms. The Morgan fingerprint density at radius 3 is 1.45 bits per heavy atom. The van der Waals surface area contributed by atoms with Gasteiger partial charge in [0.15, 0.2) is 6.10 Å². The van der Waals surface area contributed by atoms with Gasteiger partial charge in [-0.2, -0.15) is 0 Å². The molecule has 0 rings (SSSR count). The van der Waals surface area contributed by atoms with Crippen LogP contribution in [0.25, 0.3) is 0 Å². The molecule has 0 aromatic rings. The number of likely N-dealkylation sites (N-methyl/N-ethyl adjacent to an activating group) is 1. The van der Waals surface area contributed by atoms with E-state index in [-0.39, 0.29) is 32.0 Å². The van der Waals surface area contributed by atoms with Gasteiger partial charge in [-0.3, -0.25) is 18.6 Å². The van der Waals surface area contributed by atoms with E-state index in [1.165, 1.54) is 103 Å². The molecule has 0 fully saturated rings. The molecule has 1 N–H and O–H groups in total. The number of hydrogen-bond acceptors (Lipinski definition) is 7. The van der Waals surface area contributed by atoms with Gasteiger partial charge in [0.25, 0.3) is 0 Å². The Kier molecular flexibility index (Phi) is 37.5. The highest BCUT2D eigenvalue weighted by molar-refractivity contribution is 7.47. The summed E-state index contributed by atoms with van der Waals surface area (Å²) >= 11 is 0. The van der Waals surface area contributed by atoms with E-state index in [1.54, 1.807) is 0 Å². The van der Waals surface area contributed by atoms with Crippen LogP contribution >= 0.6 is 7.82 Å². The van der Waals surface area contributed by atoms with Crippen LogP contribution in [-0.4, -0.2) is 74.9 Å². The second kappa shape index (κ2) is 38.7. The number of nitrogens with zero attached hydrogens (tertiary/aromatic N) is 1. The molecule has 9 nitrogen and oxygen atoms in total. The van der Waals surface area contributed by atoms with Crippen LogP contribution in [-0.2, 0) is 32.7 Å². The van der Waals surface area contributed by atoms with Gasteiger partial charge in [0.1, 0.15) is 19.8 Å². The third-order valence-corrected chi connectivity index (χ3v) is 10.7. The van der Waals surface area contributed by atoms with Gasteiger partial charge in [-0.15, -0.1) is 0 Å². The summed E-state index contributed by atoms with van der Waals surface area (Å²) in [4.78, 5) is 35.4. The van der Waals surface area contributed by atoms with Crippen molar-refractivity contribution in [1.82, 2.24) is 0 Å².